The summed E-state index contributed by atoms with van der Waals surface area (Å²) in [6, 6.07) is 0. The first-order valence-electron chi connectivity index (χ1n) is 17.9. The van der Waals surface area contributed by atoms with Crippen molar-refractivity contribution < 1.29 is 39.3 Å². The number of aliphatic carboxylic acids is 2. The molecule has 0 aromatic heterocycles. The van der Waals surface area contributed by atoms with Gasteiger partial charge in [0.2, 0.25) is 0 Å². The molecule has 0 saturated heterocycles. The molecular weight excluding hydrogens is 586 g/mol. The van der Waals surface area contributed by atoms with Crippen molar-refractivity contribution in [1.29, 1.82) is 0 Å². The zero-order valence-electron chi connectivity index (χ0n) is 28.7. The van der Waals surface area contributed by atoms with E-state index in [4.69, 9.17) is 0 Å². The third-order valence-electron chi connectivity index (χ3n) is 7.97. The average molecular weight is 657 g/mol. The van der Waals surface area contributed by atoms with Crippen LogP contribution in [-0.2, 0) is 29.1 Å². The predicted molar refractivity (Wildman–Crippen MR) is 175 cm³/mol. The average Bonchev–Trinajstić information content (AvgIpc) is 2.93. The minimum Gasteiger partial charge on any atom is -0.550 e. The number of carbonyl (C=O) groups is 2. The minimum atomic E-state index is -0.904. The van der Waals surface area contributed by atoms with Gasteiger partial charge in [0, 0.05) is 11.9 Å². The maximum atomic E-state index is 10.2. The van der Waals surface area contributed by atoms with E-state index in [-0.39, 0.29) is 55.4 Å². The van der Waals surface area contributed by atoms with E-state index in [2.05, 4.69) is 13.8 Å². The van der Waals surface area contributed by atoms with Gasteiger partial charge >= 0.3 is 42.5 Å². The molecule has 42 heavy (non-hydrogen) atoms. The number of carboxylic acids is 2. The quantitative estimate of drug-likeness (QED) is 0.0534. The van der Waals surface area contributed by atoms with Gasteiger partial charge in [-0.1, -0.05) is 194 Å². The second-order valence-electron chi connectivity index (χ2n) is 12.1. The molecular formula is C36H70MgO4Zn+2. The van der Waals surface area contributed by atoms with Gasteiger partial charge in [-0.2, -0.15) is 0 Å². The van der Waals surface area contributed by atoms with Crippen LogP contribution in [0.25, 0.3) is 0 Å². The Labute approximate surface area is 292 Å². The Hall–Kier alpha value is 0.330. The van der Waals surface area contributed by atoms with Crippen LogP contribution in [0, 0.1) is 0 Å². The number of hydrogen-bond acceptors (Lipinski definition) is 4. The smallest absolute Gasteiger partial charge is 0.550 e. The van der Waals surface area contributed by atoms with E-state index in [9.17, 15) is 19.8 Å². The minimum absolute atomic E-state index is 0. The molecule has 0 spiro atoms. The number of carbonyl (C=O) groups excluding carboxylic acids is 2. The Morgan fingerprint density at radius 1 is 0.333 bits per heavy atom. The van der Waals surface area contributed by atoms with Crippen molar-refractivity contribution >= 4 is 35.0 Å². The molecule has 0 N–H and O–H groups in total. The van der Waals surface area contributed by atoms with E-state index in [0.29, 0.717) is 0 Å². The van der Waals surface area contributed by atoms with Crippen LogP contribution < -0.4 is 10.2 Å². The van der Waals surface area contributed by atoms with Crippen LogP contribution in [0.3, 0.4) is 0 Å². The van der Waals surface area contributed by atoms with Crippen LogP contribution in [-0.4, -0.2) is 35.0 Å². The molecule has 240 valence electrons. The molecule has 0 aliphatic carbocycles. The van der Waals surface area contributed by atoms with Crippen molar-refractivity contribution in [2.45, 2.75) is 219 Å². The van der Waals surface area contributed by atoms with Gasteiger partial charge < -0.3 is 19.8 Å². The predicted octanol–water partition coefficient (Wildman–Crippen LogP) is 9.61. The van der Waals surface area contributed by atoms with Crippen LogP contribution in [0.1, 0.15) is 219 Å². The zero-order valence-corrected chi connectivity index (χ0v) is 33.1. The number of carboxylic acid groups (broad SMARTS) is 2. The molecule has 0 unspecified atom stereocenters. The monoisotopic (exact) mass is 654 g/mol. The Bertz CT molecular complexity index is 505. The summed E-state index contributed by atoms with van der Waals surface area (Å²) in [4.78, 5) is 20.4. The van der Waals surface area contributed by atoms with Crippen LogP contribution in [0.15, 0.2) is 0 Å². The Kier molecular flexibility index (Phi) is 53.6. The fourth-order valence-corrected chi connectivity index (χ4v) is 5.28. The van der Waals surface area contributed by atoms with Gasteiger partial charge in [-0.3, -0.25) is 0 Å². The molecule has 0 radical (unpaired) electrons. The summed E-state index contributed by atoms with van der Waals surface area (Å²) in [6.45, 7) is 4.53. The second kappa shape index (κ2) is 45.8. The van der Waals surface area contributed by atoms with Crippen LogP contribution in [0.4, 0.5) is 0 Å². The molecule has 0 amide bonds. The molecule has 0 aromatic rings. The van der Waals surface area contributed by atoms with Crippen molar-refractivity contribution in [3.05, 3.63) is 0 Å². The summed E-state index contributed by atoms with van der Waals surface area (Å²) in [6.07, 6.45) is 39.7. The first-order valence-corrected chi connectivity index (χ1v) is 17.9. The molecule has 6 heteroatoms. The van der Waals surface area contributed by atoms with Crippen LogP contribution in [0.2, 0.25) is 0 Å². The SMILES string of the molecule is CCCCCCCCCCCCCCCCC(=O)[O-].CCCCCCCCCCCCCCCCCCC(=O)[O-].[Mg+2].[Zn+2]. The summed E-state index contributed by atoms with van der Waals surface area (Å²) in [5.41, 5.74) is 0. The van der Waals surface area contributed by atoms with E-state index in [1.54, 1.807) is 0 Å². The van der Waals surface area contributed by atoms with Gasteiger partial charge in [0.05, 0.1) is 0 Å². The normalized spacial score (nSPS) is 10.3. The van der Waals surface area contributed by atoms with Crippen LogP contribution >= 0.6 is 0 Å². The molecule has 0 aliphatic heterocycles. The van der Waals surface area contributed by atoms with Gasteiger partial charge in [0.1, 0.15) is 0 Å². The summed E-state index contributed by atoms with van der Waals surface area (Å²) >= 11 is 0. The van der Waals surface area contributed by atoms with Gasteiger partial charge in [0.25, 0.3) is 0 Å². The molecule has 0 rings (SSSR count). The fourth-order valence-electron chi connectivity index (χ4n) is 5.28. The Balaban J connectivity index is -0.000000330. The molecule has 0 aromatic carbocycles. The maximum Gasteiger partial charge on any atom is 2.00 e. The molecule has 0 aliphatic rings. The first-order chi connectivity index (χ1) is 19.5. The van der Waals surface area contributed by atoms with Gasteiger partial charge in [-0.15, -0.1) is 0 Å². The van der Waals surface area contributed by atoms with Crippen LogP contribution in [0.5, 0.6) is 0 Å². The third-order valence-corrected chi connectivity index (χ3v) is 7.97. The zero-order chi connectivity index (χ0) is 29.8. The Morgan fingerprint density at radius 3 is 0.619 bits per heavy atom. The molecule has 0 heterocycles. The maximum absolute atomic E-state index is 10.2. The number of rotatable bonds is 32. The van der Waals surface area contributed by atoms with Crippen molar-refractivity contribution in [3.8, 4) is 0 Å². The van der Waals surface area contributed by atoms with Gasteiger partial charge in [-0.05, 0) is 25.7 Å². The van der Waals surface area contributed by atoms with E-state index in [1.807, 2.05) is 0 Å². The van der Waals surface area contributed by atoms with E-state index in [1.165, 1.54) is 167 Å². The van der Waals surface area contributed by atoms with Crippen molar-refractivity contribution in [1.82, 2.24) is 0 Å². The van der Waals surface area contributed by atoms with Crippen molar-refractivity contribution in [3.63, 3.8) is 0 Å². The summed E-state index contributed by atoms with van der Waals surface area (Å²) in [5.74, 6) is -1.81. The van der Waals surface area contributed by atoms with Crippen molar-refractivity contribution in [2.24, 2.45) is 0 Å². The largest absolute Gasteiger partial charge is 2.00 e. The van der Waals surface area contributed by atoms with Gasteiger partial charge in [-0.25, -0.2) is 0 Å². The van der Waals surface area contributed by atoms with Crippen molar-refractivity contribution in [2.75, 3.05) is 0 Å². The Morgan fingerprint density at radius 2 is 0.476 bits per heavy atom. The molecule has 0 saturated carbocycles. The standard InChI is InChI=1S/C19H38O2.C17H34O2.Mg.Zn/c1-2-3-4-5-6-7-8-9-10-11-12-13-14-15-16-17-18-19(20)21;1-2-3-4-5-6-7-8-9-10-11-12-13-14-15-16-17(18)19;;/h2-18H2,1H3,(H,20,21);2-16H2,1H3,(H,18,19);;/q;;2*+2/p-2. The summed E-state index contributed by atoms with van der Waals surface area (Å²) in [5, 5.41) is 20.4. The molecule has 4 nitrogen and oxygen atoms in total. The third kappa shape index (κ3) is 52.9. The number of unbranched alkanes of at least 4 members (excludes halogenated alkanes) is 28. The molecule has 0 bridgehead atoms. The first kappa shape index (κ1) is 49.2. The summed E-state index contributed by atoms with van der Waals surface area (Å²) < 4.78 is 0. The molecule has 0 fully saturated rings. The van der Waals surface area contributed by atoms with E-state index >= 15 is 0 Å². The number of hydrogen-bond donors (Lipinski definition) is 0. The fraction of sp³-hybridized carbons (Fsp3) is 0.944. The molecule has 0 atom stereocenters. The van der Waals surface area contributed by atoms with Gasteiger partial charge in [0.15, 0.2) is 0 Å². The second-order valence-corrected chi connectivity index (χ2v) is 12.1. The van der Waals surface area contributed by atoms with E-state index < -0.39 is 11.9 Å². The topological polar surface area (TPSA) is 80.3 Å². The van der Waals surface area contributed by atoms with E-state index in [0.717, 1.165) is 25.7 Å². The summed E-state index contributed by atoms with van der Waals surface area (Å²) in [7, 11) is 0.